The Labute approximate surface area is 80.4 Å². The molecular weight excluding hydrogens is 190 g/mol. The van der Waals surface area contributed by atoms with Gasteiger partial charge in [-0.2, -0.15) is 0 Å². The molecule has 0 aliphatic heterocycles. The lowest BCUT2D eigenvalue weighted by molar-refractivity contribution is 0.0955. The van der Waals surface area contributed by atoms with E-state index in [0.29, 0.717) is 6.04 Å². The molecule has 1 N–H and O–H groups in total. The van der Waals surface area contributed by atoms with Gasteiger partial charge in [0.1, 0.15) is 0 Å². The highest BCUT2D eigenvalue weighted by Crippen LogP contribution is 2.22. The fourth-order valence-corrected chi connectivity index (χ4v) is 1.98. The second-order valence-electron chi connectivity index (χ2n) is 2.92. The van der Waals surface area contributed by atoms with Crippen molar-refractivity contribution in [1.29, 1.82) is 0 Å². The van der Waals surface area contributed by atoms with E-state index >= 15 is 0 Å². The maximum absolute atomic E-state index is 11.4. The van der Waals surface area contributed by atoms with E-state index in [9.17, 15) is 4.79 Å². The first-order valence-corrected chi connectivity index (χ1v) is 5.17. The normalized spacial score (nSPS) is 16.1. The Morgan fingerprint density at radius 2 is 2.42 bits per heavy atom. The lowest BCUT2D eigenvalue weighted by atomic mass is 10.4. The fraction of sp³-hybridized carbons (Fsp3) is 0.375. The van der Waals surface area contributed by atoms with Crippen molar-refractivity contribution in [1.82, 2.24) is 5.32 Å². The highest BCUT2D eigenvalue weighted by molar-refractivity contribution is 7.80. The first-order valence-electron chi connectivity index (χ1n) is 3.84. The first kappa shape index (κ1) is 8.13. The predicted molar refractivity (Wildman–Crippen MR) is 52.1 cm³/mol. The van der Waals surface area contributed by atoms with Crippen molar-refractivity contribution in [3.05, 3.63) is 16.3 Å². The maximum atomic E-state index is 11.4. The summed E-state index contributed by atoms with van der Waals surface area (Å²) in [4.78, 5) is 13.0. The number of amides is 1. The van der Waals surface area contributed by atoms with E-state index in [1.165, 1.54) is 11.3 Å². The first-order chi connectivity index (χ1) is 5.75. The van der Waals surface area contributed by atoms with E-state index in [2.05, 4.69) is 17.9 Å². The van der Waals surface area contributed by atoms with Crippen LogP contribution < -0.4 is 5.32 Å². The Morgan fingerprint density at radius 1 is 1.67 bits per heavy atom. The van der Waals surface area contributed by atoms with Crippen molar-refractivity contribution in [3.8, 4) is 0 Å². The minimum absolute atomic E-state index is 0.0443. The summed E-state index contributed by atoms with van der Waals surface area (Å²) in [5.41, 5.74) is 0. The van der Waals surface area contributed by atoms with Crippen LogP contribution in [0.4, 0.5) is 0 Å². The minimum atomic E-state index is 0.0443. The summed E-state index contributed by atoms with van der Waals surface area (Å²) in [6, 6.07) is 2.23. The molecular formula is C8H9NOS2. The van der Waals surface area contributed by atoms with E-state index in [4.69, 9.17) is 0 Å². The quantitative estimate of drug-likeness (QED) is 0.700. The van der Waals surface area contributed by atoms with Gasteiger partial charge in [-0.3, -0.25) is 4.79 Å². The molecule has 1 saturated carbocycles. The topological polar surface area (TPSA) is 29.1 Å². The van der Waals surface area contributed by atoms with Gasteiger partial charge < -0.3 is 5.32 Å². The molecule has 0 radical (unpaired) electrons. The Bertz CT molecular complexity index is 304. The maximum Gasteiger partial charge on any atom is 0.261 e. The van der Waals surface area contributed by atoms with Crippen LogP contribution in [-0.2, 0) is 0 Å². The van der Waals surface area contributed by atoms with Gasteiger partial charge in [0.2, 0.25) is 0 Å². The van der Waals surface area contributed by atoms with Gasteiger partial charge in [0.05, 0.1) is 4.88 Å². The average Bonchev–Trinajstić information content (AvgIpc) is 2.72. The summed E-state index contributed by atoms with van der Waals surface area (Å²) in [6.07, 6.45) is 2.26. The van der Waals surface area contributed by atoms with Crippen molar-refractivity contribution in [2.75, 3.05) is 0 Å². The van der Waals surface area contributed by atoms with E-state index in [-0.39, 0.29) is 5.91 Å². The molecule has 2 rings (SSSR count). The Hall–Kier alpha value is -0.480. The standard InChI is InChI=1S/C8H9NOS2/c10-8(9-5-1-2-5)7-3-6(11)4-12-7/h3-5,11H,1-2H2,(H,9,10). The van der Waals surface area contributed by atoms with Crippen molar-refractivity contribution in [3.63, 3.8) is 0 Å². The van der Waals surface area contributed by atoms with Crippen LogP contribution in [0.25, 0.3) is 0 Å². The third kappa shape index (κ3) is 1.81. The zero-order valence-corrected chi connectivity index (χ0v) is 8.12. The van der Waals surface area contributed by atoms with Crippen LogP contribution in [0.1, 0.15) is 22.5 Å². The highest BCUT2D eigenvalue weighted by Gasteiger charge is 2.24. The molecule has 1 aromatic heterocycles. The van der Waals surface area contributed by atoms with Crippen LogP contribution in [0.3, 0.4) is 0 Å². The second kappa shape index (κ2) is 3.11. The molecule has 0 unspecified atom stereocenters. The van der Waals surface area contributed by atoms with Gasteiger partial charge >= 0.3 is 0 Å². The van der Waals surface area contributed by atoms with Crippen LogP contribution in [-0.4, -0.2) is 11.9 Å². The number of carbonyl (C=O) groups excluding carboxylic acids is 1. The summed E-state index contributed by atoms with van der Waals surface area (Å²) < 4.78 is 0. The smallest absolute Gasteiger partial charge is 0.261 e. The molecule has 0 atom stereocenters. The van der Waals surface area contributed by atoms with Gasteiger partial charge in [-0.15, -0.1) is 24.0 Å². The van der Waals surface area contributed by atoms with Crippen LogP contribution in [0, 0.1) is 0 Å². The van der Waals surface area contributed by atoms with E-state index in [0.717, 1.165) is 22.6 Å². The van der Waals surface area contributed by atoms with Gasteiger partial charge in [0.25, 0.3) is 5.91 Å². The number of hydrogen-bond acceptors (Lipinski definition) is 3. The molecule has 2 nitrogen and oxygen atoms in total. The number of hydrogen-bond donors (Lipinski definition) is 2. The molecule has 4 heteroatoms. The largest absolute Gasteiger partial charge is 0.349 e. The lowest BCUT2D eigenvalue weighted by Gasteiger charge is -1.98. The van der Waals surface area contributed by atoms with Gasteiger partial charge in [0, 0.05) is 16.3 Å². The molecule has 1 aliphatic carbocycles. The summed E-state index contributed by atoms with van der Waals surface area (Å²) in [5, 5.41) is 4.79. The van der Waals surface area contributed by atoms with Crippen molar-refractivity contribution < 1.29 is 4.79 Å². The minimum Gasteiger partial charge on any atom is -0.349 e. The molecule has 1 aromatic rings. The molecule has 1 amide bonds. The molecule has 1 aliphatic rings. The van der Waals surface area contributed by atoms with Gasteiger partial charge in [-0.25, -0.2) is 0 Å². The second-order valence-corrected chi connectivity index (χ2v) is 4.34. The monoisotopic (exact) mass is 199 g/mol. The average molecular weight is 199 g/mol. The van der Waals surface area contributed by atoms with Crippen LogP contribution in [0.5, 0.6) is 0 Å². The van der Waals surface area contributed by atoms with Crippen molar-refractivity contribution in [2.24, 2.45) is 0 Å². The molecule has 0 saturated heterocycles. The van der Waals surface area contributed by atoms with Crippen LogP contribution in [0.2, 0.25) is 0 Å². The Kier molecular flexibility index (Phi) is 2.11. The molecule has 0 bridgehead atoms. The lowest BCUT2D eigenvalue weighted by Crippen LogP contribution is -2.24. The zero-order chi connectivity index (χ0) is 8.55. The summed E-state index contributed by atoms with van der Waals surface area (Å²) >= 11 is 5.58. The summed E-state index contributed by atoms with van der Waals surface area (Å²) in [7, 11) is 0. The number of carbonyl (C=O) groups is 1. The highest BCUT2D eigenvalue weighted by atomic mass is 32.1. The number of nitrogens with one attached hydrogen (secondary N) is 1. The zero-order valence-electron chi connectivity index (χ0n) is 6.41. The number of thiophene rings is 1. The van der Waals surface area contributed by atoms with Gasteiger partial charge in [-0.1, -0.05) is 0 Å². The summed E-state index contributed by atoms with van der Waals surface area (Å²) in [6.45, 7) is 0. The molecule has 0 spiro atoms. The Morgan fingerprint density at radius 3 is 2.92 bits per heavy atom. The summed E-state index contributed by atoms with van der Waals surface area (Å²) in [5.74, 6) is 0.0443. The van der Waals surface area contributed by atoms with E-state index in [1.54, 1.807) is 6.07 Å². The van der Waals surface area contributed by atoms with Crippen molar-refractivity contribution in [2.45, 2.75) is 23.8 Å². The Balaban J connectivity index is 2.03. The molecule has 1 heterocycles. The van der Waals surface area contributed by atoms with Crippen molar-refractivity contribution >= 4 is 29.9 Å². The SMILES string of the molecule is O=C(NC1CC1)c1cc(S)cs1. The number of thiol groups is 1. The van der Waals surface area contributed by atoms with Gasteiger partial charge in [0.15, 0.2) is 0 Å². The third-order valence-corrected chi connectivity index (χ3v) is 3.08. The molecule has 1 fully saturated rings. The van der Waals surface area contributed by atoms with Crippen LogP contribution in [0.15, 0.2) is 16.3 Å². The third-order valence-electron chi connectivity index (χ3n) is 1.72. The number of rotatable bonds is 2. The predicted octanol–water partition coefficient (Wildman–Crippen LogP) is 1.93. The van der Waals surface area contributed by atoms with E-state index in [1.807, 2.05) is 5.38 Å². The molecule has 0 aromatic carbocycles. The van der Waals surface area contributed by atoms with Crippen LogP contribution >= 0.6 is 24.0 Å². The van der Waals surface area contributed by atoms with Gasteiger partial charge in [-0.05, 0) is 18.9 Å². The fourth-order valence-electron chi connectivity index (χ4n) is 0.929. The van der Waals surface area contributed by atoms with E-state index < -0.39 is 0 Å². The molecule has 12 heavy (non-hydrogen) atoms. The molecule has 64 valence electrons.